The monoisotopic (exact) mass is 274 g/mol. The zero-order valence-electron chi connectivity index (χ0n) is 12.1. The van der Waals surface area contributed by atoms with Gasteiger partial charge in [-0.2, -0.15) is 0 Å². The van der Waals surface area contributed by atoms with Crippen LogP contribution in [0, 0.1) is 0 Å². The predicted octanol–water partition coefficient (Wildman–Crippen LogP) is 1.83. The SMILES string of the molecule is C=C(C)C(=O)OCCCC[SiH2]C(CC)(OC)OC. The van der Waals surface area contributed by atoms with E-state index in [1.54, 1.807) is 21.1 Å². The van der Waals surface area contributed by atoms with Crippen LogP contribution in [-0.4, -0.2) is 41.7 Å². The molecular formula is C13H26O4Si. The van der Waals surface area contributed by atoms with Crippen molar-refractivity contribution in [1.82, 2.24) is 0 Å². The summed E-state index contributed by atoms with van der Waals surface area (Å²) in [6.07, 6.45) is 2.82. The molecular weight excluding hydrogens is 248 g/mol. The van der Waals surface area contributed by atoms with Gasteiger partial charge in [-0.05, 0) is 19.8 Å². The quantitative estimate of drug-likeness (QED) is 0.200. The lowest BCUT2D eigenvalue weighted by Crippen LogP contribution is -2.39. The van der Waals surface area contributed by atoms with E-state index in [1.807, 2.05) is 0 Å². The van der Waals surface area contributed by atoms with Crippen LogP contribution in [0.5, 0.6) is 0 Å². The highest BCUT2D eigenvalue weighted by molar-refractivity contribution is 6.38. The van der Waals surface area contributed by atoms with E-state index >= 15 is 0 Å². The Bertz CT molecular complexity index is 253. The van der Waals surface area contributed by atoms with Crippen molar-refractivity contribution < 1.29 is 19.0 Å². The summed E-state index contributed by atoms with van der Waals surface area (Å²) in [6, 6.07) is 1.13. The molecule has 0 amide bonds. The van der Waals surface area contributed by atoms with Crippen LogP contribution in [0.4, 0.5) is 0 Å². The smallest absolute Gasteiger partial charge is 0.333 e. The van der Waals surface area contributed by atoms with Crippen molar-refractivity contribution in [2.75, 3.05) is 20.8 Å². The van der Waals surface area contributed by atoms with Crippen molar-refractivity contribution in [3.8, 4) is 0 Å². The van der Waals surface area contributed by atoms with Crippen molar-refractivity contribution in [1.29, 1.82) is 0 Å². The average Bonchev–Trinajstić information content (AvgIpc) is 2.38. The van der Waals surface area contributed by atoms with Gasteiger partial charge in [0.2, 0.25) is 0 Å². The number of carbonyl (C=O) groups excluding carboxylic acids is 1. The van der Waals surface area contributed by atoms with Crippen LogP contribution < -0.4 is 0 Å². The summed E-state index contributed by atoms with van der Waals surface area (Å²) in [5.74, 6) is -0.302. The zero-order valence-corrected chi connectivity index (χ0v) is 13.5. The highest BCUT2D eigenvalue weighted by Crippen LogP contribution is 2.16. The van der Waals surface area contributed by atoms with Gasteiger partial charge in [-0.25, -0.2) is 4.79 Å². The molecule has 0 radical (unpaired) electrons. The molecule has 0 aliphatic heterocycles. The molecule has 0 aromatic heterocycles. The molecule has 0 aromatic rings. The summed E-state index contributed by atoms with van der Waals surface area (Å²) < 4.78 is 15.9. The van der Waals surface area contributed by atoms with Crippen molar-refractivity contribution in [3.05, 3.63) is 12.2 Å². The first-order chi connectivity index (χ1) is 8.51. The molecule has 18 heavy (non-hydrogen) atoms. The Morgan fingerprint density at radius 2 is 1.89 bits per heavy atom. The third kappa shape index (κ3) is 6.33. The Balaban J connectivity index is 3.67. The van der Waals surface area contributed by atoms with Gasteiger partial charge in [0.25, 0.3) is 0 Å². The van der Waals surface area contributed by atoms with Crippen LogP contribution >= 0.6 is 0 Å². The van der Waals surface area contributed by atoms with Gasteiger partial charge in [0.05, 0.1) is 16.1 Å². The van der Waals surface area contributed by atoms with E-state index in [2.05, 4.69) is 13.5 Å². The van der Waals surface area contributed by atoms with Gasteiger partial charge in [-0.15, -0.1) is 0 Å². The number of carbonyl (C=O) groups is 1. The maximum atomic E-state index is 11.1. The van der Waals surface area contributed by atoms with E-state index < -0.39 is 9.52 Å². The minimum atomic E-state index is -0.447. The topological polar surface area (TPSA) is 44.8 Å². The molecule has 0 atom stereocenters. The molecule has 0 saturated heterocycles. The molecule has 0 spiro atoms. The summed E-state index contributed by atoms with van der Waals surface area (Å²) >= 11 is 0. The van der Waals surface area contributed by atoms with E-state index in [4.69, 9.17) is 14.2 Å². The van der Waals surface area contributed by atoms with Crippen LogP contribution in [0.2, 0.25) is 6.04 Å². The first-order valence-corrected chi connectivity index (χ1v) is 8.15. The predicted molar refractivity (Wildman–Crippen MR) is 75.4 cm³/mol. The normalized spacial score (nSPS) is 12.0. The molecule has 0 bridgehead atoms. The third-order valence-electron chi connectivity index (χ3n) is 3.07. The van der Waals surface area contributed by atoms with Gasteiger partial charge in [0.1, 0.15) is 5.41 Å². The van der Waals surface area contributed by atoms with Gasteiger partial charge < -0.3 is 14.2 Å². The lowest BCUT2D eigenvalue weighted by atomic mass is 10.3. The Kier molecular flexibility index (Phi) is 8.96. The van der Waals surface area contributed by atoms with E-state index in [0.717, 1.165) is 25.3 Å². The fourth-order valence-electron chi connectivity index (χ4n) is 1.71. The summed E-state index contributed by atoms with van der Waals surface area (Å²) in [7, 11) is 2.96. The molecule has 0 fully saturated rings. The number of unbranched alkanes of at least 4 members (excludes halogenated alkanes) is 1. The van der Waals surface area contributed by atoms with Crippen LogP contribution in [0.25, 0.3) is 0 Å². The summed E-state index contributed by atoms with van der Waals surface area (Å²) in [4.78, 5) is 11.1. The minimum Gasteiger partial charge on any atom is -0.462 e. The Morgan fingerprint density at radius 1 is 1.28 bits per heavy atom. The van der Waals surface area contributed by atoms with Crippen molar-refractivity contribution in [2.45, 2.75) is 44.6 Å². The lowest BCUT2D eigenvalue weighted by Gasteiger charge is -2.29. The number of hydrogen-bond donors (Lipinski definition) is 0. The highest BCUT2D eigenvalue weighted by atomic mass is 28.2. The average molecular weight is 274 g/mol. The molecule has 106 valence electrons. The lowest BCUT2D eigenvalue weighted by molar-refractivity contribution is -0.146. The zero-order chi connectivity index (χ0) is 14.0. The molecule has 0 N–H and O–H groups in total. The second-order valence-electron chi connectivity index (χ2n) is 4.40. The second-order valence-corrected chi connectivity index (χ2v) is 6.68. The molecule has 0 rings (SSSR count). The largest absolute Gasteiger partial charge is 0.462 e. The molecule has 4 nitrogen and oxygen atoms in total. The van der Waals surface area contributed by atoms with Crippen LogP contribution in [-0.2, 0) is 19.0 Å². The number of ether oxygens (including phenoxy) is 3. The van der Waals surface area contributed by atoms with Crippen molar-refractivity contribution in [3.63, 3.8) is 0 Å². The molecule has 0 heterocycles. The molecule has 0 saturated carbocycles. The van der Waals surface area contributed by atoms with Gasteiger partial charge in [0, 0.05) is 19.8 Å². The van der Waals surface area contributed by atoms with Crippen LogP contribution in [0.3, 0.4) is 0 Å². The number of esters is 1. The standard InChI is InChI=1S/C13H26O4Si/c1-6-13(15-4,16-5)18-10-8-7-9-17-12(14)11(2)3/h2,6-10,18H2,1,3-5H3. The van der Waals surface area contributed by atoms with Gasteiger partial charge in [-0.3, -0.25) is 0 Å². The second kappa shape index (κ2) is 9.30. The van der Waals surface area contributed by atoms with E-state index in [0.29, 0.717) is 12.2 Å². The Labute approximate surface area is 113 Å². The van der Waals surface area contributed by atoms with E-state index in [9.17, 15) is 4.79 Å². The van der Waals surface area contributed by atoms with Gasteiger partial charge in [0.15, 0.2) is 0 Å². The first kappa shape index (κ1) is 17.3. The highest BCUT2D eigenvalue weighted by Gasteiger charge is 2.26. The van der Waals surface area contributed by atoms with E-state index in [1.165, 1.54) is 0 Å². The molecule has 0 aliphatic rings. The minimum absolute atomic E-state index is 0.302. The first-order valence-electron chi connectivity index (χ1n) is 6.44. The van der Waals surface area contributed by atoms with Crippen molar-refractivity contribution in [2.24, 2.45) is 0 Å². The Hall–Kier alpha value is -0.653. The molecule has 5 heteroatoms. The summed E-state index contributed by atoms with van der Waals surface area (Å²) in [5.41, 5.74) is 0.127. The molecule has 0 aliphatic carbocycles. The van der Waals surface area contributed by atoms with E-state index in [-0.39, 0.29) is 11.4 Å². The fraction of sp³-hybridized carbons (Fsp3) is 0.769. The van der Waals surface area contributed by atoms with Gasteiger partial charge >= 0.3 is 5.97 Å². The Morgan fingerprint density at radius 3 is 2.33 bits per heavy atom. The molecule has 0 aromatic carbocycles. The van der Waals surface area contributed by atoms with Crippen molar-refractivity contribution >= 4 is 15.5 Å². The summed E-state index contributed by atoms with van der Waals surface area (Å²) in [5, 5.41) is 0. The van der Waals surface area contributed by atoms with Crippen LogP contribution in [0.15, 0.2) is 12.2 Å². The maximum absolute atomic E-state index is 11.1. The molecule has 0 unspecified atom stereocenters. The fourth-order valence-corrected chi connectivity index (χ4v) is 3.62. The van der Waals surface area contributed by atoms with Gasteiger partial charge in [-0.1, -0.05) is 26.0 Å². The maximum Gasteiger partial charge on any atom is 0.333 e. The third-order valence-corrected chi connectivity index (χ3v) is 5.76. The number of rotatable bonds is 10. The number of methoxy groups -OCH3 is 2. The van der Waals surface area contributed by atoms with Crippen LogP contribution in [0.1, 0.15) is 33.1 Å². The number of hydrogen-bond acceptors (Lipinski definition) is 4. The summed E-state index contributed by atoms with van der Waals surface area (Å²) in [6.45, 7) is 7.74.